The smallest absolute Gasteiger partial charge is 0.260 e. The summed E-state index contributed by atoms with van der Waals surface area (Å²) in [6, 6.07) is 0.357. The maximum Gasteiger partial charge on any atom is 0.260 e. The highest BCUT2D eigenvalue weighted by molar-refractivity contribution is 7.99. The largest absolute Gasteiger partial charge is 0.353 e. The lowest BCUT2D eigenvalue weighted by molar-refractivity contribution is -0.118. The molecule has 0 bridgehead atoms. The maximum atomic E-state index is 12.5. The first-order valence-corrected chi connectivity index (χ1v) is 10.2. The van der Waals surface area contributed by atoms with Gasteiger partial charge in [-0.2, -0.15) is 0 Å². The average Bonchev–Trinajstić information content (AvgIpc) is 3.29. The van der Waals surface area contributed by atoms with Crippen molar-refractivity contribution in [3.05, 3.63) is 20.8 Å². The number of thiophene rings is 1. The van der Waals surface area contributed by atoms with Crippen molar-refractivity contribution in [3.63, 3.8) is 0 Å². The van der Waals surface area contributed by atoms with Crippen LogP contribution in [0.15, 0.2) is 9.95 Å². The van der Waals surface area contributed by atoms with Crippen LogP contribution in [0, 0.1) is 12.8 Å². The Morgan fingerprint density at radius 1 is 1.50 bits per heavy atom. The van der Waals surface area contributed by atoms with Crippen molar-refractivity contribution in [2.45, 2.75) is 57.7 Å². The molecule has 0 radical (unpaired) electrons. The molecule has 1 unspecified atom stereocenters. The van der Waals surface area contributed by atoms with Crippen LogP contribution in [0.2, 0.25) is 0 Å². The van der Waals surface area contributed by atoms with Crippen LogP contribution >= 0.6 is 23.1 Å². The number of amides is 1. The van der Waals surface area contributed by atoms with Crippen LogP contribution in [0.5, 0.6) is 0 Å². The summed E-state index contributed by atoms with van der Waals surface area (Å²) in [6.07, 6.45) is 4.14. The van der Waals surface area contributed by atoms with Crippen molar-refractivity contribution in [2.75, 3.05) is 5.75 Å². The molecule has 1 fully saturated rings. The van der Waals surface area contributed by atoms with Gasteiger partial charge < -0.3 is 10.3 Å². The summed E-state index contributed by atoms with van der Waals surface area (Å²) >= 11 is 2.86. The quantitative estimate of drug-likeness (QED) is 0.583. The lowest BCUT2D eigenvalue weighted by atomic mass is 9.98. The number of rotatable bonds is 7. The normalized spacial score (nSPS) is 15.6. The fourth-order valence-corrected chi connectivity index (χ4v) is 4.38. The van der Waals surface area contributed by atoms with Crippen LogP contribution in [0.3, 0.4) is 0 Å². The van der Waals surface area contributed by atoms with Crippen molar-refractivity contribution in [3.8, 4) is 0 Å². The SMILES string of the molecule is CCC(C)Cc1c(C)sc2nc(SCC(=O)NC3CC3)[nH]c(=O)c12. The van der Waals surface area contributed by atoms with Crippen molar-refractivity contribution >= 4 is 39.2 Å². The molecule has 5 nitrogen and oxygen atoms in total. The number of H-pyrrole nitrogens is 1. The highest BCUT2D eigenvalue weighted by Gasteiger charge is 2.23. The van der Waals surface area contributed by atoms with Gasteiger partial charge in [-0.1, -0.05) is 32.0 Å². The summed E-state index contributed by atoms with van der Waals surface area (Å²) in [5, 5.41) is 4.19. The number of aromatic nitrogens is 2. The Balaban J connectivity index is 1.79. The number of carbonyl (C=O) groups excluding carboxylic acids is 1. The summed E-state index contributed by atoms with van der Waals surface area (Å²) in [4.78, 5) is 33.7. The second kappa shape index (κ2) is 7.27. The van der Waals surface area contributed by atoms with Gasteiger partial charge in [-0.3, -0.25) is 9.59 Å². The lowest BCUT2D eigenvalue weighted by Crippen LogP contribution is -2.27. The molecule has 2 N–H and O–H groups in total. The Hall–Kier alpha value is -1.34. The van der Waals surface area contributed by atoms with Gasteiger partial charge in [0.25, 0.3) is 5.56 Å². The lowest BCUT2D eigenvalue weighted by Gasteiger charge is -2.08. The topological polar surface area (TPSA) is 74.8 Å². The van der Waals surface area contributed by atoms with Crippen molar-refractivity contribution in [2.24, 2.45) is 5.92 Å². The third-order valence-corrected chi connectivity index (χ3v) is 6.29. The van der Waals surface area contributed by atoms with E-state index in [2.05, 4.69) is 36.1 Å². The number of thioether (sulfide) groups is 1. The van der Waals surface area contributed by atoms with Gasteiger partial charge in [-0.15, -0.1) is 11.3 Å². The molecule has 2 aromatic heterocycles. The molecule has 1 saturated carbocycles. The molecule has 2 heterocycles. The van der Waals surface area contributed by atoms with E-state index in [9.17, 15) is 9.59 Å². The number of aromatic amines is 1. The second-order valence-corrected chi connectivity index (χ2v) is 8.70. The number of aryl methyl sites for hydroxylation is 1. The first kappa shape index (κ1) is 17.5. The Morgan fingerprint density at radius 2 is 2.25 bits per heavy atom. The average molecular weight is 366 g/mol. The predicted molar refractivity (Wildman–Crippen MR) is 100 cm³/mol. The molecule has 0 aliphatic heterocycles. The van der Waals surface area contributed by atoms with Gasteiger partial charge in [0, 0.05) is 10.9 Å². The molecule has 1 aliphatic carbocycles. The summed E-state index contributed by atoms with van der Waals surface area (Å²) in [5.41, 5.74) is 1.04. The molecular formula is C17H23N3O2S2. The zero-order chi connectivity index (χ0) is 17.3. The minimum absolute atomic E-state index is 0.00469. The van der Waals surface area contributed by atoms with E-state index in [0.29, 0.717) is 17.1 Å². The zero-order valence-electron chi connectivity index (χ0n) is 14.3. The molecule has 0 aromatic carbocycles. The standard InChI is InChI=1S/C17H23N3O2S2/c1-4-9(2)7-12-10(3)24-16-14(12)15(22)19-17(20-16)23-8-13(21)18-11-5-6-11/h9,11H,4-8H2,1-3H3,(H,18,21)(H,19,20,22). The Bertz CT molecular complexity index is 808. The molecule has 3 rings (SSSR count). The third-order valence-electron chi connectivity index (χ3n) is 4.37. The molecular weight excluding hydrogens is 342 g/mol. The van der Waals surface area contributed by atoms with Crippen LogP contribution in [-0.4, -0.2) is 27.7 Å². The minimum Gasteiger partial charge on any atom is -0.353 e. The van der Waals surface area contributed by atoms with E-state index < -0.39 is 0 Å². The van der Waals surface area contributed by atoms with Gasteiger partial charge in [-0.05, 0) is 37.7 Å². The molecule has 130 valence electrons. The molecule has 24 heavy (non-hydrogen) atoms. The highest BCUT2D eigenvalue weighted by atomic mass is 32.2. The van der Waals surface area contributed by atoms with E-state index in [1.165, 1.54) is 11.8 Å². The number of nitrogens with zero attached hydrogens (tertiary/aromatic N) is 1. The van der Waals surface area contributed by atoms with E-state index in [-0.39, 0.29) is 17.2 Å². The predicted octanol–water partition coefficient (Wildman–Crippen LogP) is 3.25. The first-order chi connectivity index (χ1) is 11.5. The fraction of sp³-hybridized carbons (Fsp3) is 0.588. The van der Waals surface area contributed by atoms with E-state index in [1.54, 1.807) is 11.3 Å². The van der Waals surface area contributed by atoms with Crippen molar-refractivity contribution in [1.29, 1.82) is 0 Å². The minimum atomic E-state index is -0.0900. The molecule has 2 aromatic rings. The summed E-state index contributed by atoms with van der Waals surface area (Å²) in [5.74, 6) is 0.834. The fourth-order valence-electron chi connectivity index (χ4n) is 2.59. The van der Waals surface area contributed by atoms with Crippen LogP contribution in [0.4, 0.5) is 0 Å². The van der Waals surface area contributed by atoms with Gasteiger partial charge in [0.15, 0.2) is 5.16 Å². The molecule has 1 amide bonds. The molecule has 0 spiro atoms. The number of carbonyl (C=O) groups is 1. The first-order valence-electron chi connectivity index (χ1n) is 8.42. The summed E-state index contributed by atoms with van der Waals surface area (Å²) in [6.45, 7) is 6.42. The van der Waals surface area contributed by atoms with Crippen LogP contribution in [0.1, 0.15) is 43.6 Å². The number of nitrogens with one attached hydrogen (secondary N) is 2. The van der Waals surface area contributed by atoms with E-state index in [0.717, 1.165) is 46.3 Å². The van der Waals surface area contributed by atoms with Gasteiger partial charge in [0.1, 0.15) is 4.83 Å². The Kier molecular flexibility index (Phi) is 5.30. The molecule has 0 saturated heterocycles. The van der Waals surface area contributed by atoms with E-state index in [4.69, 9.17) is 0 Å². The van der Waals surface area contributed by atoms with Crippen molar-refractivity contribution < 1.29 is 4.79 Å². The molecule has 7 heteroatoms. The van der Waals surface area contributed by atoms with Crippen LogP contribution < -0.4 is 10.9 Å². The molecule has 1 atom stereocenters. The van der Waals surface area contributed by atoms with Crippen molar-refractivity contribution in [1.82, 2.24) is 15.3 Å². The third kappa shape index (κ3) is 4.00. The van der Waals surface area contributed by atoms with Crippen LogP contribution in [0.25, 0.3) is 10.2 Å². The number of hydrogen-bond donors (Lipinski definition) is 2. The Morgan fingerprint density at radius 3 is 2.92 bits per heavy atom. The number of fused-ring (bicyclic) bond motifs is 1. The van der Waals surface area contributed by atoms with E-state index >= 15 is 0 Å². The van der Waals surface area contributed by atoms with Gasteiger partial charge in [0.2, 0.25) is 5.91 Å². The van der Waals surface area contributed by atoms with Gasteiger partial charge in [-0.25, -0.2) is 4.98 Å². The highest BCUT2D eigenvalue weighted by Crippen LogP contribution is 2.30. The maximum absolute atomic E-state index is 12.5. The number of hydrogen-bond acceptors (Lipinski definition) is 5. The summed E-state index contributed by atoms with van der Waals surface area (Å²) in [7, 11) is 0. The Labute approximate surface area is 149 Å². The van der Waals surface area contributed by atoms with Crippen LogP contribution in [-0.2, 0) is 11.2 Å². The summed E-state index contributed by atoms with van der Waals surface area (Å²) < 4.78 is 0. The monoisotopic (exact) mass is 365 g/mol. The van der Waals surface area contributed by atoms with Gasteiger partial charge in [0.05, 0.1) is 11.1 Å². The van der Waals surface area contributed by atoms with Gasteiger partial charge >= 0.3 is 0 Å². The molecule has 1 aliphatic rings. The van der Waals surface area contributed by atoms with E-state index in [1.807, 2.05) is 0 Å². The second-order valence-electron chi connectivity index (χ2n) is 6.54. The zero-order valence-corrected chi connectivity index (χ0v) is 15.9.